The van der Waals surface area contributed by atoms with E-state index in [0.717, 1.165) is 28.8 Å². The van der Waals surface area contributed by atoms with Crippen LogP contribution in [0.15, 0.2) is 36.0 Å². The Bertz CT molecular complexity index is 835. The highest BCUT2D eigenvalue weighted by molar-refractivity contribution is 5.97. The first kappa shape index (κ1) is 18.8. The highest BCUT2D eigenvalue weighted by Gasteiger charge is 2.29. The van der Waals surface area contributed by atoms with E-state index in [4.69, 9.17) is 4.74 Å². The molecular weight excluding hydrogens is 314 g/mol. The van der Waals surface area contributed by atoms with Crippen LogP contribution in [-0.2, 0) is 10.2 Å². The van der Waals surface area contributed by atoms with Crippen molar-refractivity contribution in [1.29, 1.82) is 0 Å². The molecule has 0 aliphatic rings. The van der Waals surface area contributed by atoms with E-state index in [1.807, 2.05) is 58.9 Å². The number of phenols is 1. The molecule has 2 rings (SSSR count). The summed E-state index contributed by atoms with van der Waals surface area (Å²) in [4.78, 5) is 11.6. The smallest absolute Gasteiger partial charge is 0.308 e. The van der Waals surface area contributed by atoms with Gasteiger partial charge in [0, 0.05) is 46.5 Å². The van der Waals surface area contributed by atoms with Crippen molar-refractivity contribution in [3.8, 4) is 11.5 Å². The minimum Gasteiger partial charge on any atom is -0.507 e. The minimum absolute atomic E-state index is 0.231. The molecule has 2 N–H and O–H groups in total. The second kappa shape index (κ2) is 7.18. The predicted molar refractivity (Wildman–Crippen MR) is 102 cm³/mol. The first-order chi connectivity index (χ1) is 11.7. The zero-order valence-electron chi connectivity index (χ0n) is 15.9. The molecule has 2 aromatic carbocycles. The lowest BCUT2D eigenvalue weighted by molar-refractivity contribution is -0.131. The van der Waals surface area contributed by atoms with Crippen molar-refractivity contribution >= 4 is 16.7 Å². The second-order valence-electron chi connectivity index (χ2n) is 6.90. The Hall–Kier alpha value is -2.49. The highest BCUT2D eigenvalue weighted by Crippen LogP contribution is 2.45. The van der Waals surface area contributed by atoms with E-state index in [1.165, 1.54) is 6.92 Å². The molecule has 0 amide bonds. The Labute approximate surface area is 149 Å². The molecular formula is C21H27NO3. The third kappa shape index (κ3) is 3.78. The van der Waals surface area contributed by atoms with Gasteiger partial charge in [0.25, 0.3) is 0 Å². The Morgan fingerprint density at radius 2 is 1.84 bits per heavy atom. The molecule has 0 atom stereocenters. The van der Waals surface area contributed by atoms with Crippen LogP contribution in [0.25, 0.3) is 10.8 Å². The largest absolute Gasteiger partial charge is 0.507 e. The van der Waals surface area contributed by atoms with Gasteiger partial charge in [-0.2, -0.15) is 0 Å². The van der Waals surface area contributed by atoms with E-state index in [2.05, 4.69) is 11.4 Å². The second-order valence-corrected chi connectivity index (χ2v) is 6.90. The fourth-order valence-electron chi connectivity index (χ4n) is 3.52. The summed E-state index contributed by atoms with van der Waals surface area (Å²) in [6.45, 7) is 12.2. The van der Waals surface area contributed by atoms with Crippen LogP contribution in [0.2, 0.25) is 0 Å². The van der Waals surface area contributed by atoms with Gasteiger partial charge in [0.1, 0.15) is 11.5 Å². The first-order valence-corrected chi connectivity index (χ1v) is 8.55. The third-order valence-electron chi connectivity index (χ3n) is 4.30. The predicted octanol–water partition coefficient (Wildman–Crippen LogP) is 4.57. The number of allylic oxidation sites excluding steroid dienone is 2. The molecule has 0 saturated carbocycles. The summed E-state index contributed by atoms with van der Waals surface area (Å²) in [5, 5.41) is 15.7. The van der Waals surface area contributed by atoms with Crippen LogP contribution in [0.5, 0.6) is 11.5 Å². The molecule has 134 valence electrons. The van der Waals surface area contributed by atoms with Gasteiger partial charge in [-0.25, -0.2) is 0 Å². The van der Waals surface area contributed by atoms with E-state index in [1.54, 1.807) is 0 Å². The van der Waals surface area contributed by atoms with Crippen molar-refractivity contribution in [2.24, 2.45) is 0 Å². The summed E-state index contributed by atoms with van der Waals surface area (Å²) in [7, 11) is 0. The van der Waals surface area contributed by atoms with Gasteiger partial charge in [0.2, 0.25) is 0 Å². The van der Waals surface area contributed by atoms with Crippen molar-refractivity contribution < 1.29 is 14.6 Å². The zero-order chi connectivity index (χ0) is 18.8. The number of nitrogens with one attached hydrogen (secondary N) is 1. The zero-order valence-corrected chi connectivity index (χ0v) is 15.9. The van der Waals surface area contributed by atoms with Crippen LogP contribution in [-0.4, -0.2) is 17.6 Å². The molecule has 4 nitrogen and oxygen atoms in total. The normalized spacial score (nSPS) is 12.3. The summed E-state index contributed by atoms with van der Waals surface area (Å²) < 4.78 is 5.52. The lowest BCUT2D eigenvalue weighted by Crippen LogP contribution is -2.21. The van der Waals surface area contributed by atoms with E-state index >= 15 is 0 Å². The van der Waals surface area contributed by atoms with Crippen LogP contribution >= 0.6 is 0 Å². The molecule has 25 heavy (non-hydrogen) atoms. The van der Waals surface area contributed by atoms with Crippen LogP contribution in [0.3, 0.4) is 0 Å². The van der Waals surface area contributed by atoms with E-state index < -0.39 is 5.41 Å². The average molecular weight is 341 g/mol. The Balaban J connectivity index is 2.80. The number of hydrogen-bond acceptors (Lipinski definition) is 4. The van der Waals surface area contributed by atoms with Gasteiger partial charge < -0.3 is 15.2 Å². The number of carbonyl (C=O) groups excluding carboxylic acids is 1. The van der Waals surface area contributed by atoms with Gasteiger partial charge >= 0.3 is 5.97 Å². The topological polar surface area (TPSA) is 58.6 Å². The summed E-state index contributed by atoms with van der Waals surface area (Å²) in [6.07, 6.45) is 2.09. The maximum Gasteiger partial charge on any atom is 0.308 e. The van der Waals surface area contributed by atoms with Gasteiger partial charge in [-0.3, -0.25) is 4.79 Å². The molecule has 0 unspecified atom stereocenters. The van der Waals surface area contributed by atoms with Crippen LogP contribution in [0, 0.1) is 6.92 Å². The van der Waals surface area contributed by atoms with Crippen molar-refractivity contribution in [2.75, 3.05) is 6.54 Å². The number of aromatic hydroxyl groups is 1. The molecule has 0 saturated heterocycles. The number of benzene rings is 2. The van der Waals surface area contributed by atoms with E-state index in [-0.39, 0.29) is 11.7 Å². The fraction of sp³-hybridized carbons (Fsp3) is 0.381. The molecule has 0 fully saturated rings. The quantitative estimate of drug-likeness (QED) is 0.618. The number of carbonyl (C=O) groups is 1. The summed E-state index contributed by atoms with van der Waals surface area (Å²) in [5.41, 5.74) is 2.13. The lowest BCUT2D eigenvalue weighted by Gasteiger charge is -2.28. The molecule has 4 heteroatoms. The molecule has 2 aromatic rings. The van der Waals surface area contributed by atoms with Crippen LogP contribution in [0.4, 0.5) is 0 Å². The van der Waals surface area contributed by atoms with Gasteiger partial charge in [-0.05, 0) is 20.8 Å². The van der Waals surface area contributed by atoms with E-state index in [0.29, 0.717) is 11.1 Å². The van der Waals surface area contributed by atoms with Crippen molar-refractivity contribution in [3.05, 3.63) is 47.2 Å². The third-order valence-corrected chi connectivity index (χ3v) is 4.30. The summed E-state index contributed by atoms with van der Waals surface area (Å²) in [6, 6.07) is 7.44. The molecule has 0 spiro atoms. The number of phenolic OH excluding ortho intramolecular Hbond substituents is 1. The molecule has 0 heterocycles. The van der Waals surface area contributed by atoms with Gasteiger partial charge in [0.15, 0.2) is 0 Å². The fourth-order valence-corrected chi connectivity index (χ4v) is 3.52. The average Bonchev–Trinajstić information content (AvgIpc) is 2.50. The number of rotatable bonds is 5. The first-order valence-electron chi connectivity index (χ1n) is 8.55. The number of ether oxygens (including phenoxy) is 1. The van der Waals surface area contributed by atoms with Crippen molar-refractivity contribution in [1.82, 2.24) is 5.32 Å². The van der Waals surface area contributed by atoms with Crippen molar-refractivity contribution in [2.45, 2.75) is 47.0 Å². The Morgan fingerprint density at radius 3 is 2.40 bits per heavy atom. The maximum atomic E-state index is 11.6. The highest BCUT2D eigenvalue weighted by atomic mass is 16.5. The van der Waals surface area contributed by atoms with Crippen LogP contribution < -0.4 is 10.1 Å². The van der Waals surface area contributed by atoms with Gasteiger partial charge in [0.05, 0.1) is 0 Å². The molecule has 0 aliphatic carbocycles. The van der Waals surface area contributed by atoms with E-state index in [9.17, 15) is 9.90 Å². The molecule has 0 radical (unpaired) electrons. The standard InChI is InChI=1S/C21H27NO3/c1-7-22-13(2)12-21(5,6)18-14(3)20(25-15(4)23)17-11-9-8-10-16(17)19(18)24/h8-12,22,24H,7H2,1-6H3/b13-12+. The van der Waals surface area contributed by atoms with Gasteiger partial charge in [-0.15, -0.1) is 0 Å². The summed E-state index contributed by atoms with van der Waals surface area (Å²) in [5.74, 6) is 0.370. The number of esters is 1. The van der Waals surface area contributed by atoms with Crippen LogP contribution in [0.1, 0.15) is 45.7 Å². The molecule has 0 aromatic heterocycles. The van der Waals surface area contributed by atoms with Gasteiger partial charge in [-0.1, -0.05) is 44.2 Å². The monoisotopic (exact) mass is 341 g/mol. The Morgan fingerprint density at radius 1 is 1.24 bits per heavy atom. The SMILES string of the molecule is CCN/C(C)=C/C(C)(C)c1c(C)c(OC(C)=O)c2ccccc2c1O. The number of fused-ring (bicyclic) bond motifs is 1. The van der Waals surface area contributed by atoms with Crippen molar-refractivity contribution in [3.63, 3.8) is 0 Å². The maximum absolute atomic E-state index is 11.6. The summed E-state index contributed by atoms with van der Waals surface area (Å²) >= 11 is 0. The molecule has 0 aliphatic heterocycles. The number of hydrogen-bond donors (Lipinski definition) is 2. The Kier molecular flexibility index (Phi) is 5.41. The lowest BCUT2D eigenvalue weighted by atomic mass is 9.79. The molecule has 0 bridgehead atoms. The minimum atomic E-state index is -0.445.